The van der Waals surface area contributed by atoms with Gasteiger partial charge in [0.1, 0.15) is 11.3 Å². The molecule has 6 heteroatoms. The molecule has 0 spiro atoms. The average molecular weight is 274 g/mol. The van der Waals surface area contributed by atoms with Crippen LogP contribution in [-0.2, 0) is 0 Å². The second kappa shape index (κ2) is 5.16. The molecule has 104 valence electrons. The Morgan fingerprint density at radius 1 is 1.20 bits per heavy atom. The molecule has 20 heavy (non-hydrogen) atoms. The predicted octanol–water partition coefficient (Wildman–Crippen LogP) is 2.55. The van der Waals surface area contributed by atoms with Gasteiger partial charge in [0.15, 0.2) is 0 Å². The van der Waals surface area contributed by atoms with E-state index >= 15 is 0 Å². The number of amides is 1. The smallest absolute Gasteiger partial charge is 0.338 e. The Morgan fingerprint density at radius 2 is 1.90 bits per heavy atom. The number of carbonyl (C=O) groups is 2. The fraction of sp³-hybridized carbons (Fsp3) is 0.214. The molecule has 0 saturated heterocycles. The molecule has 1 amide bonds. The summed E-state index contributed by atoms with van der Waals surface area (Å²) in [6.45, 7) is 4.96. The molecule has 0 radical (unpaired) electrons. The Hall–Kier alpha value is -2.63. The van der Waals surface area contributed by atoms with Crippen LogP contribution in [0.2, 0.25) is 0 Å². The molecule has 1 heterocycles. The lowest BCUT2D eigenvalue weighted by atomic mass is 10.1. The number of aryl methyl sites for hydroxylation is 3. The lowest BCUT2D eigenvalue weighted by molar-refractivity contribution is 0.0697. The molecule has 0 aliphatic carbocycles. The van der Waals surface area contributed by atoms with Gasteiger partial charge in [-0.1, -0.05) is 17.3 Å². The van der Waals surface area contributed by atoms with Gasteiger partial charge in [0.25, 0.3) is 5.91 Å². The Labute approximate surface area is 115 Å². The molecular weight excluding hydrogens is 260 g/mol. The molecule has 0 fully saturated rings. The van der Waals surface area contributed by atoms with E-state index < -0.39 is 11.9 Å². The first-order chi connectivity index (χ1) is 9.41. The molecule has 0 unspecified atom stereocenters. The highest BCUT2D eigenvalue weighted by Gasteiger charge is 2.20. The maximum atomic E-state index is 12.2. The number of nitrogens with zero attached hydrogens (tertiary/aromatic N) is 1. The standard InChI is InChI=1S/C14H14N2O4/c1-7-5-4-6-10(11(7)14(18)19)15-13(17)12-8(2)16-20-9(12)3/h4-6H,1-3H3,(H,15,17)(H,18,19). The Bertz CT molecular complexity index is 669. The van der Waals surface area contributed by atoms with Crippen LogP contribution in [0.5, 0.6) is 0 Å². The number of aromatic carboxylic acids is 1. The van der Waals surface area contributed by atoms with Crippen molar-refractivity contribution in [1.82, 2.24) is 5.16 Å². The molecule has 1 aromatic carbocycles. The maximum Gasteiger partial charge on any atom is 0.338 e. The van der Waals surface area contributed by atoms with E-state index in [9.17, 15) is 14.7 Å². The monoisotopic (exact) mass is 274 g/mol. The highest BCUT2D eigenvalue weighted by Crippen LogP contribution is 2.21. The van der Waals surface area contributed by atoms with Crippen molar-refractivity contribution in [2.45, 2.75) is 20.8 Å². The van der Waals surface area contributed by atoms with Crippen LogP contribution in [0.4, 0.5) is 5.69 Å². The van der Waals surface area contributed by atoms with Crippen molar-refractivity contribution in [3.05, 3.63) is 46.3 Å². The van der Waals surface area contributed by atoms with Crippen molar-refractivity contribution in [2.75, 3.05) is 5.32 Å². The highest BCUT2D eigenvalue weighted by molar-refractivity contribution is 6.09. The van der Waals surface area contributed by atoms with Crippen molar-refractivity contribution in [3.63, 3.8) is 0 Å². The second-order valence-corrected chi connectivity index (χ2v) is 4.46. The highest BCUT2D eigenvalue weighted by atomic mass is 16.5. The Kier molecular flexibility index (Phi) is 3.56. The van der Waals surface area contributed by atoms with Crippen LogP contribution in [0.25, 0.3) is 0 Å². The van der Waals surface area contributed by atoms with Crippen LogP contribution >= 0.6 is 0 Å². The van der Waals surface area contributed by atoms with Crippen LogP contribution in [0, 0.1) is 20.8 Å². The first kappa shape index (κ1) is 13.8. The first-order valence-electron chi connectivity index (χ1n) is 5.99. The topological polar surface area (TPSA) is 92.4 Å². The first-order valence-corrected chi connectivity index (χ1v) is 5.99. The molecule has 2 N–H and O–H groups in total. The molecule has 6 nitrogen and oxygen atoms in total. The minimum absolute atomic E-state index is 0.0765. The normalized spacial score (nSPS) is 10.3. The van der Waals surface area contributed by atoms with E-state index in [1.54, 1.807) is 39.0 Å². The number of rotatable bonds is 3. The van der Waals surface area contributed by atoms with Crippen molar-refractivity contribution in [2.24, 2.45) is 0 Å². The van der Waals surface area contributed by atoms with Gasteiger partial charge in [0, 0.05) is 0 Å². The van der Waals surface area contributed by atoms with E-state index in [0.29, 0.717) is 22.6 Å². The zero-order valence-electron chi connectivity index (χ0n) is 11.4. The summed E-state index contributed by atoms with van der Waals surface area (Å²) in [5.41, 5.74) is 1.69. The van der Waals surface area contributed by atoms with Crippen LogP contribution in [0.15, 0.2) is 22.7 Å². The van der Waals surface area contributed by atoms with E-state index in [0.717, 1.165) is 0 Å². The van der Waals surface area contributed by atoms with Gasteiger partial charge < -0.3 is 14.9 Å². The number of aromatic nitrogens is 1. The summed E-state index contributed by atoms with van der Waals surface area (Å²) in [6, 6.07) is 4.91. The largest absolute Gasteiger partial charge is 0.478 e. The third-order valence-electron chi connectivity index (χ3n) is 3.00. The minimum Gasteiger partial charge on any atom is -0.478 e. The van der Waals surface area contributed by atoms with Gasteiger partial charge in [-0.05, 0) is 32.4 Å². The molecular formula is C14H14N2O4. The van der Waals surface area contributed by atoms with Gasteiger partial charge in [-0.3, -0.25) is 4.79 Å². The van der Waals surface area contributed by atoms with Gasteiger partial charge in [-0.2, -0.15) is 0 Å². The Morgan fingerprint density at radius 3 is 2.45 bits per heavy atom. The number of carboxylic acids is 1. The maximum absolute atomic E-state index is 12.2. The lowest BCUT2D eigenvalue weighted by Crippen LogP contribution is -2.16. The van der Waals surface area contributed by atoms with E-state index in [1.807, 2.05) is 0 Å². The summed E-state index contributed by atoms with van der Waals surface area (Å²) in [7, 11) is 0. The van der Waals surface area contributed by atoms with E-state index in [4.69, 9.17) is 4.52 Å². The third-order valence-corrected chi connectivity index (χ3v) is 3.00. The SMILES string of the molecule is Cc1cccc(NC(=O)c2c(C)noc2C)c1C(=O)O. The number of nitrogens with one attached hydrogen (secondary N) is 1. The number of hydrogen-bond donors (Lipinski definition) is 2. The molecule has 0 saturated carbocycles. The third kappa shape index (κ3) is 2.40. The average Bonchev–Trinajstić information content (AvgIpc) is 2.68. The van der Waals surface area contributed by atoms with Crippen LogP contribution in [0.3, 0.4) is 0 Å². The summed E-state index contributed by atoms with van der Waals surface area (Å²) < 4.78 is 4.93. The van der Waals surface area contributed by atoms with Gasteiger partial charge in [0.05, 0.1) is 16.9 Å². The minimum atomic E-state index is -1.09. The number of anilines is 1. The molecule has 0 bridgehead atoms. The van der Waals surface area contributed by atoms with Crippen molar-refractivity contribution in [1.29, 1.82) is 0 Å². The van der Waals surface area contributed by atoms with Crippen LogP contribution in [-0.4, -0.2) is 22.1 Å². The zero-order chi connectivity index (χ0) is 14.9. The zero-order valence-corrected chi connectivity index (χ0v) is 11.4. The van der Waals surface area contributed by atoms with Crippen LogP contribution in [0.1, 0.15) is 37.7 Å². The molecule has 0 atom stereocenters. The van der Waals surface area contributed by atoms with Gasteiger partial charge in [0.2, 0.25) is 0 Å². The van der Waals surface area contributed by atoms with Crippen molar-refractivity contribution >= 4 is 17.6 Å². The predicted molar refractivity (Wildman–Crippen MR) is 72.1 cm³/mol. The molecule has 0 aliphatic rings. The van der Waals surface area contributed by atoms with E-state index in [1.165, 1.54) is 0 Å². The fourth-order valence-electron chi connectivity index (χ4n) is 2.05. The summed E-state index contributed by atoms with van der Waals surface area (Å²) >= 11 is 0. The molecule has 1 aromatic heterocycles. The van der Waals surface area contributed by atoms with E-state index in [2.05, 4.69) is 10.5 Å². The fourth-order valence-corrected chi connectivity index (χ4v) is 2.05. The summed E-state index contributed by atoms with van der Waals surface area (Å²) in [5, 5.41) is 15.5. The lowest BCUT2D eigenvalue weighted by Gasteiger charge is -2.10. The van der Waals surface area contributed by atoms with Crippen molar-refractivity contribution < 1.29 is 19.2 Å². The summed E-state index contributed by atoms with van der Waals surface area (Å²) in [6.07, 6.45) is 0. The summed E-state index contributed by atoms with van der Waals surface area (Å²) in [4.78, 5) is 23.5. The quantitative estimate of drug-likeness (QED) is 0.897. The second-order valence-electron chi connectivity index (χ2n) is 4.46. The molecule has 2 aromatic rings. The van der Waals surface area contributed by atoms with Gasteiger partial charge >= 0.3 is 5.97 Å². The number of carbonyl (C=O) groups excluding carboxylic acids is 1. The van der Waals surface area contributed by atoms with Crippen molar-refractivity contribution in [3.8, 4) is 0 Å². The molecule has 0 aliphatic heterocycles. The summed E-state index contributed by atoms with van der Waals surface area (Å²) in [5.74, 6) is -1.13. The molecule has 2 rings (SSSR count). The Balaban J connectivity index is 2.39. The van der Waals surface area contributed by atoms with Crippen LogP contribution < -0.4 is 5.32 Å². The van der Waals surface area contributed by atoms with Gasteiger partial charge in [-0.15, -0.1) is 0 Å². The number of hydrogen-bond acceptors (Lipinski definition) is 4. The number of benzene rings is 1. The van der Waals surface area contributed by atoms with Gasteiger partial charge in [-0.25, -0.2) is 4.79 Å². The number of carboxylic acid groups (broad SMARTS) is 1. The van der Waals surface area contributed by atoms with E-state index in [-0.39, 0.29) is 11.3 Å².